The molecule has 1 unspecified atom stereocenters. The van der Waals surface area contributed by atoms with E-state index in [2.05, 4.69) is 21.2 Å². The van der Waals surface area contributed by atoms with E-state index >= 15 is 0 Å². The molecule has 0 saturated carbocycles. The van der Waals surface area contributed by atoms with Crippen LogP contribution in [-0.2, 0) is 10.0 Å². The van der Waals surface area contributed by atoms with Gasteiger partial charge in [0, 0.05) is 35.1 Å². The molecule has 2 aliphatic heterocycles. The van der Waals surface area contributed by atoms with Gasteiger partial charge in [-0.25, -0.2) is 12.8 Å². The van der Waals surface area contributed by atoms with Crippen LogP contribution in [0.4, 0.5) is 4.39 Å². The largest absolute Gasteiger partial charge is 0.493 e. The Morgan fingerprint density at radius 2 is 1.90 bits per heavy atom. The first kappa shape index (κ1) is 21.3. The minimum absolute atomic E-state index is 0.107. The first-order chi connectivity index (χ1) is 14.4. The number of rotatable bonds is 4. The zero-order valence-electron chi connectivity index (χ0n) is 16.2. The third-order valence-electron chi connectivity index (χ3n) is 5.44. The molecule has 0 spiro atoms. The van der Waals surface area contributed by atoms with Crippen molar-refractivity contribution in [2.24, 2.45) is 0 Å². The number of nitrogens with one attached hydrogen (secondary N) is 1. The van der Waals surface area contributed by atoms with Crippen molar-refractivity contribution in [2.75, 3.05) is 19.7 Å². The molecule has 1 saturated heterocycles. The number of amides is 1. The third-order valence-corrected chi connectivity index (χ3v) is 7.85. The molecular weight excluding hydrogens is 475 g/mol. The number of piperidine rings is 1. The molecule has 0 bridgehead atoms. The van der Waals surface area contributed by atoms with Gasteiger partial charge in [0.05, 0.1) is 12.6 Å². The molecule has 2 heterocycles. The SMILES string of the molecule is O=C(NC1CCOc2ccc(Br)cc21)c1ccc(F)c(S(=O)(=O)N2CCCCC2)c1. The molecule has 160 valence electrons. The topological polar surface area (TPSA) is 75.7 Å². The second-order valence-electron chi connectivity index (χ2n) is 7.46. The summed E-state index contributed by atoms with van der Waals surface area (Å²) in [6.07, 6.45) is 3.04. The van der Waals surface area contributed by atoms with Crippen LogP contribution in [-0.4, -0.2) is 38.3 Å². The average molecular weight is 497 g/mol. The fourth-order valence-corrected chi connectivity index (χ4v) is 5.83. The molecule has 2 aromatic carbocycles. The van der Waals surface area contributed by atoms with E-state index in [0.717, 1.165) is 41.4 Å². The molecule has 0 aliphatic carbocycles. The number of ether oxygens (including phenoxy) is 1. The van der Waals surface area contributed by atoms with Crippen LogP contribution < -0.4 is 10.1 Å². The predicted molar refractivity (Wildman–Crippen MR) is 113 cm³/mol. The second-order valence-corrected chi connectivity index (χ2v) is 10.3. The molecule has 1 amide bonds. The van der Waals surface area contributed by atoms with E-state index in [9.17, 15) is 17.6 Å². The van der Waals surface area contributed by atoms with Crippen molar-refractivity contribution in [2.45, 2.75) is 36.6 Å². The summed E-state index contributed by atoms with van der Waals surface area (Å²) in [6, 6.07) is 8.78. The van der Waals surface area contributed by atoms with Gasteiger partial charge in [-0.15, -0.1) is 0 Å². The summed E-state index contributed by atoms with van der Waals surface area (Å²) in [5.41, 5.74) is 0.947. The molecule has 2 aromatic rings. The highest BCUT2D eigenvalue weighted by atomic mass is 79.9. The fraction of sp³-hybridized carbons (Fsp3) is 0.381. The number of hydrogen-bond donors (Lipinski definition) is 1. The van der Waals surface area contributed by atoms with Gasteiger partial charge in [-0.1, -0.05) is 22.4 Å². The minimum atomic E-state index is -3.98. The molecule has 1 N–H and O–H groups in total. The van der Waals surface area contributed by atoms with Crippen LogP contribution in [0.25, 0.3) is 0 Å². The third kappa shape index (κ3) is 4.24. The summed E-state index contributed by atoms with van der Waals surface area (Å²) >= 11 is 3.42. The average Bonchev–Trinajstić information content (AvgIpc) is 2.75. The number of halogens is 2. The number of sulfonamides is 1. The summed E-state index contributed by atoms with van der Waals surface area (Å²) < 4.78 is 48.0. The predicted octanol–water partition coefficient (Wildman–Crippen LogP) is 4.02. The maximum Gasteiger partial charge on any atom is 0.251 e. The van der Waals surface area contributed by atoms with Crippen LogP contribution in [0.15, 0.2) is 45.8 Å². The van der Waals surface area contributed by atoms with Gasteiger partial charge in [-0.3, -0.25) is 4.79 Å². The molecule has 9 heteroatoms. The van der Waals surface area contributed by atoms with Gasteiger partial charge < -0.3 is 10.1 Å². The lowest BCUT2D eigenvalue weighted by molar-refractivity contribution is 0.0924. The lowest BCUT2D eigenvalue weighted by atomic mass is 10.00. The Hall–Kier alpha value is -1.97. The quantitative estimate of drug-likeness (QED) is 0.693. The van der Waals surface area contributed by atoms with Gasteiger partial charge in [0.25, 0.3) is 5.91 Å². The lowest BCUT2D eigenvalue weighted by Gasteiger charge is -2.27. The Morgan fingerprint density at radius 3 is 2.67 bits per heavy atom. The molecule has 6 nitrogen and oxygen atoms in total. The Balaban J connectivity index is 1.59. The van der Waals surface area contributed by atoms with E-state index in [4.69, 9.17) is 4.74 Å². The van der Waals surface area contributed by atoms with Crippen LogP contribution >= 0.6 is 15.9 Å². The van der Waals surface area contributed by atoms with Crippen LogP contribution in [0.3, 0.4) is 0 Å². The van der Waals surface area contributed by atoms with Crippen molar-refractivity contribution < 1.29 is 22.3 Å². The Labute approximate surface area is 183 Å². The molecule has 2 aliphatic rings. The Bertz CT molecular complexity index is 1070. The van der Waals surface area contributed by atoms with E-state index in [-0.39, 0.29) is 11.6 Å². The van der Waals surface area contributed by atoms with Gasteiger partial charge in [-0.2, -0.15) is 4.31 Å². The number of carbonyl (C=O) groups excluding carboxylic acids is 1. The molecular formula is C21H22BrFN2O4S. The summed E-state index contributed by atoms with van der Waals surface area (Å²) in [5.74, 6) is -0.609. The Kier molecular flexibility index (Phi) is 6.13. The first-order valence-electron chi connectivity index (χ1n) is 9.89. The normalized spacial score (nSPS) is 19.6. The minimum Gasteiger partial charge on any atom is -0.493 e. The van der Waals surface area contributed by atoms with Gasteiger partial charge in [0.2, 0.25) is 10.0 Å². The highest BCUT2D eigenvalue weighted by Gasteiger charge is 2.30. The first-order valence-corrected chi connectivity index (χ1v) is 12.1. The van der Waals surface area contributed by atoms with E-state index < -0.39 is 26.6 Å². The second kappa shape index (κ2) is 8.64. The van der Waals surface area contributed by atoms with Crippen LogP contribution in [0.5, 0.6) is 5.75 Å². The zero-order valence-corrected chi connectivity index (χ0v) is 18.6. The van der Waals surface area contributed by atoms with Crippen LogP contribution in [0.1, 0.15) is 47.6 Å². The van der Waals surface area contributed by atoms with Crippen LogP contribution in [0.2, 0.25) is 0 Å². The fourth-order valence-electron chi connectivity index (χ4n) is 3.84. The number of fused-ring (bicyclic) bond motifs is 1. The number of benzene rings is 2. The number of nitrogens with zero attached hydrogens (tertiary/aromatic N) is 1. The van der Waals surface area contributed by atoms with Crippen molar-refractivity contribution in [3.8, 4) is 5.75 Å². The summed E-state index contributed by atoms with van der Waals surface area (Å²) in [4.78, 5) is 12.4. The maximum absolute atomic E-state index is 14.4. The highest BCUT2D eigenvalue weighted by Crippen LogP contribution is 2.34. The number of hydrogen-bond acceptors (Lipinski definition) is 4. The summed E-state index contributed by atoms with van der Waals surface area (Å²) in [6.45, 7) is 1.19. The van der Waals surface area contributed by atoms with Gasteiger partial charge in [0.1, 0.15) is 16.5 Å². The van der Waals surface area contributed by atoms with Crippen molar-refractivity contribution >= 4 is 31.9 Å². The van der Waals surface area contributed by atoms with Crippen molar-refractivity contribution in [1.82, 2.24) is 9.62 Å². The van der Waals surface area contributed by atoms with Crippen molar-refractivity contribution in [3.63, 3.8) is 0 Å². The van der Waals surface area contributed by atoms with Gasteiger partial charge in [-0.05, 0) is 49.2 Å². The molecule has 1 fully saturated rings. The van der Waals surface area contributed by atoms with Crippen molar-refractivity contribution in [3.05, 3.63) is 57.8 Å². The Morgan fingerprint density at radius 1 is 1.13 bits per heavy atom. The zero-order chi connectivity index (χ0) is 21.3. The molecule has 1 atom stereocenters. The standard InChI is InChI=1S/C21H22BrFN2O4S/c22-15-5-7-19-16(13-15)18(8-11-29-19)24-21(26)14-4-6-17(23)20(12-14)30(27,28)25-9-2-1-3-10-25/h4-7,12-13,18H,1-3,8-11H2,(H,24,26). The van der Waals surface area contributed by atoms with Gasteiger partial charge in [0.15, 0.2) is 0 Å². The smallest absolute Gasteiger partial charge is 0.251 e. The summed E-state index contributed by atoms with van der Waals surface area (Å²) in [5, 5.41) is 2.93. The maximum atomic E-state index is 14.4. The molecule has 0 aromatic heterocycles. The number of carbonyl (C=O) groups is 1. The van der Waals surface area contributed by atoms with E-state index in [1.54, 1.807) is 0 Å². The molecule has 30 heavy (non-hydrogen) atoms. The van der Waals surface area contributed by atoms with Crippen molar-refractivity contribution in [1.29, 1.82) is 0 Å². The lowest BCUT2D eigenvalue weighted by Crippen LogP contribution is -2.36. The van der Waals surface area contributed by atoms with Gasteiger partial charge >= 0.3 is 0 Å². The van der Waals surface area contributed by atoms with E-state index in [0.29, 0.717) is 31.9 Å². The monoisotopic (exact) mass is 496 g/mol. The highest BCUT2D eigenvalue weighted by molar-refractivity contribution is 9.10. The molecule has 4 rings (SSSR count). The summed E-state index contributed by atoms with van der Waals surface area (Å²) in [7, 11) is -3.98. The molecule has 0 radical (unpaired) electrons. The van der Waals surface area contributed by atoms with E-state index in [1.807, 2.05) is 18.2 Å². The van der Waals surface area contributed by atoms with E-state index in [1.165, 1.54) is 10.4 Å². The van der Waals surface area contributed by atoms with Crippen LogP contribution in [0, 0.1) is 5.82 Å².